The van der Waals surface area contributed by atoms with Crippen LogP contribution < -0.4 is 5.43 Å². The quantitative estimate of drug-likeness (QED) is 0.276. The van der Waals surface area contributed by atoms with Crippen molar-refractivity contribution in [2.45, 2.75) is 0 Å². The third-order valence-electron chi connectivity index (χ3n) is 4.34. The van der Waals surface area contributed by atoms with E-state index in [1.807, 2.05) is 66.7 Å². The number of hydrogen-bond acceptors (Lipinski definition) is 6. The van der Waals surface area contributed by atoms with Crippen LogP contribution in [0.15, 0.2) is 96.1 Å². The minimum atomic E-state index is -0.443. The van der Waals surface area contributed by atoms with Gasteiger partial charge in [0.1, 0.15) is 0 Å². The van der Waals surface area contributed by atoms with Crippen molar-refractivity contribution in [1.29, 1.82) is 0 Å². The Bertz CT molecular complexity index is 1120. The summed E-state index contributed by atoms with van der Waals surface area (Å²) < 4.78 is 0. The van der Waals surface area contributed by atoms with Crippen molar-refractivity contribution < 1.29 is 4.92 Å². The molecule has 0 bridgehead atoms. The second-order valence-corrected chi connectivity index (χ2v) is 6.36. The summed E-state index contributed by atoms with van der Waals surface area (Å²) in [5.74, 6) is 0.172. The third-order valence-corrected chi connectivity index (χ3v) is 4.34. The lowest BCUT2D eigenvalue weighted by Crippen LogP contribution is -2.05. The number of nitro groups is 1. The summed E-state index contributed by atoms with van der Waals surface area (Å²) >= 11 is 0. The third kappa shape index (κ3) is 4.20. The molecule has 0 aliphatic heterocycles. The fourth-order valence-electron chi connectivity index (χ4n) is 2.98. The number of aromatic nitrogens is 2. The highest BCUT2D eigenvalue weighted by Crippen LogP contribution is 2.36. The van der Waals surface area contributed by atoms with Crippen molar-refractivity contribution in [3.8, 4) is 22.5 Å². The molecule has 0 unspecified atom stereocenters. The van der Waals surface area contributed by atoms with Gasteiger partial charge in [-0.2, -0.15) is 5.10 Å². The zero-order valence-electron chi connectivity index (χ0n) is 15.8. The Balaban J connectivity index is 1.83. The molecule has 0 amide bonds. The highest BCUT2D eigenvalue weighted by Gasteiger charge is 2.26. The van der Waals surface area contributed by atoms with Crippen molar-refractivity contribution >= 4 is 17.9 Å². The molecule has 4 aromatic rings. The van der Waals surface area contributed by atoms with Crippen molar-refractivity contribution in [1.82, 2.24) is 9.97 Å². The molecule has 1 aromatic heterocycles. The minimum absolute atomic E-state index is 0.148. The van der Waals surface area contributed by atoms with Crippen LogP contribution in [0.2, 0.25) is 0 Å². The first-order valence-electron chi connectivity index (χ1n) is 9.24. The number of hydrogen-bond donors (Lipinski definition) is 1. The maximum Gasteiger partial charge on any atom is 0.321 e. The maximum absolute atomic E-state index is 12.0. The van der Waals surface area contributed by atoms with E-state index in [2.05, 4.69) is 20.5 Å². The Hall–Kier alpha value is -4.39. The van der Waals surface area contributed by atoms with E-state index in [1.54, 1.807) is 30.5 Å². The molecule has 3 aromatic carbocycles. The van der Waals surface area contributed by atoms with Gasteiger partial charge in [0.15, 0.2) is 11.4 Å². The number of hydrazone groups is 1. The van der Waals surface area contributed by atoms with Crippen molar-refractivity contribution in [3.05, 3.63) is 107 Å². The van der Waals surface area contributed by atoms with E-state index in [4.69, 9.17) is 0 Å². The SMILES string of the molecule is O=[N+]([O-])c1c(-c2ccccc2)nc(N/N=C/c2ccccc2)nc1-c1ccccc1. The predicted octanol–water partition coefficient (Wildman–Crippen LogP) is 5.16. The number of nitrogens with zero attached hydrogens (tertiary/aromatic N) is 4. The maximum atomic E-state index is 12.0. The highest BCUT2D eigenvalue weighted by molar-refractivity contribution is 5.83. The zero-order valence-corrected chi connectivity index (χ0v) is 15.8. The molecule has 30 heavy (non-hydrogen) atoms. The lowest BCUT2D eigenvalue weighted by atomic mass is 10.1. The van der Waals surface area contributed by atoms with E-state index >= 15 is 0 Å². The molecule has 1 N–H and O–H groups in total. The number of anilines is 1. The van der Waals surface area contributed by atoms with Gasteiger partial charge in [0.05, 0.1) is 11.1 Å². The zero-order chi connectivity index (χ0) is 20.8. The second kappa shape index (κ2) is 8.74. The number of benzene rings is 3. The van der Waals surface area contributed by atoms with Crippen molar-refractivity contribution in [3.63, 3.8) is 0 Å². The van der Waals surface area contributed by atoms with Crippen LogP contribution in [0.1, 0.15) is 5.56 Å². The Morgan fingerprint density at radius 1 is 0.767 bits per heavy atom. The summed E-state index contributed by atoms with van der Waals surface area (Å²) in [5.41, 5.74) is 5.26. The van der Waals surface area contributed by atoms with Gasteiger partial charge in [-0.1, -0.05) is 91.0 Å². The van der Waals surface area contributed by atoms with Crippen LogP contribution in [0.4, 0.5) is 11.6 Å². The molecule has 146 valence electrons. The molecule has 0 aliphatic rings. The van der Waals surface area contributed by atoms with Gasteiger partial charge < -0.3 is 0 Å². The van der Waals surface area contributed by atoms with E-state index in [1.165, 1.54) is 0 Å². The first-order chi connectivity index (χ1) is 14.7. The van der Waals surface area contributed by atoms with Crippen molar-refractivity contribution in [2.75, 3.05) is 5.43 Å². The lowest BCUT2D eigenvalue weighted by molar-refractivity contribution is -0.383. The number of nitrogens with one attached hydrogen (secondary N) is 1. The molecule has 0 radical (unpaired) electrons. The number of rotatable bonds is 6. The Kier molecular flexibility index (Phi) is 5.52. The van der Waals surface area contributed by atoms with Crippen LogP contribution in [0.25, 0.3) is 22.5 Å². The first-order valence-corrected chi connectivity index (χ1v) is 9.24. The summed E-state index contributed by atoms with van der Waals surface area (Å²) in [5, 5.41) is 16.2. The van der Waals surface area contributed by atoms with Gasteiger partial charge in [0.25, 0.3) is 0 Å². The van der Waals surface area contributed by atoms with Gasteiger partial charge in [-0.15, -0.1) is 0 Å². The topological polar surface area (TPSA) is 93.3 Å². The van der Waals surface area contributed by atoms with Crippen LogP contribution in [0.3, 0.4) is 0 Å². The fraction of sp³-hybridized carbons (Fsp3) is 0. The van der Waals surface area contributed by atoms with Gasteiger partial charge in [0.2, 0.25) is 5.95 Å². The van der Waals surface area contributed by atoms with Crippen LogP contribution >= 0.6 is 0 Å². The summed E-state index contributed by atoms with van der Waals surface area (Å²) in [6, 6.07) is 27.6. The smallest absolute Gasteiger partial charge is 0.258 e. The van der Waals surface area contributed by atoms with Gasteiger partial charge in [-0.25, -0.2) is 15.4 Å². The summed E-state index contributed by atoms with van der Waals surface area (Å²) in [6.45, 7) is 0. The molecule has 7 nitrogen and oxygen atoms in total. The van der Waals surface area contributed by atoms with E-state index in [9.17, 15) is 10.1 Å². The molecule has 0 aliphatic carbocycles. The second-order valence-electron chi connectivity index (χ2n) is 6.36. The van der Waals surface area contributed by atoms with Crippen LogP contribution in [0, 0.1) is 10.1 Å². The molecular weight excluding hydrogens is 378 g/mol. The summed E-state index contributed by atoms with van der Waals surface area (Å²) in [6.07, 6.45) is 1.63. The van der Waals surface area contributed by atoms with Crippen LogP contribution in [-0.4, -0.2) is 21.1 Å². The largest absolute Gasteiger partial charge is 0.321 e. The Morgan fingerprint density at radius 2 is 1.23 bits per heavy atom. The Morgan fingerprint density at radius 3 is 1.70 bits per heavy atom. The Labute approximate surface area is 172 Å². The highest BCUT2D eigenvalue weighted by atomic mass is 16.6. The predicted molar refractivity (Wildman–Crippen MR) is 117 cm³/mol. The molecule has 1 heterocycles. The van der Waals surface area contributed by atoms with E-state index in [0.29, 0.717) is 11.1 Å². The average Bonchev–Trinajstić information content (AvgIpc) is 2.80. The molecule has 0 saturated heterocycles. The molecule has 4 rings (SSSR count). The van der Waals surface area contributed by atoms with E-state index in [-0.39, 0.29) is 23.0 Å². The molecular formula is C23H17N5O2. The van der Waals surface area contributed by atoms with E-state index in [0.717, 1.165) is 5.56 Å². The van der Waals surface area contributed by atoms with Crippen LogP contribution in [-0.2, 0) is 0 Å². The van der Waals surface area contributed by atoms with E-state index < -0.39 is 4.92 Å². The first kappa shape index (κ1) is 18.9. The van der Waals surface area contributed by atoms with Crippen LogP contribution in [0.5, 0.6) is 0 Å². The van der Waals surface area contributed by atoms with Gasteiger partial charge in [-0.05, 0) is 5.56 Å². The fourth-order valence-corrected chi connectivity index (χ4v) is 2.98. The molecule has 0 fully saturated rings. The normalized spacial score (nSPS) is 10.8. The molecule has 0 spiro atoms. The van der Waals surface area contributed by atoms with Gasteiger partial charge >= 0.3 is 5.69 Å². The lowest BCUT2D eigenvalue weighted by Gasteiger charge is -2.10. The standard InChI is InChI=1S/C23H17N5O2/c29-28(30)22-20(18-12-6-2-7-13-18)25-23(26-21(22)19-14-8-3-9-15-19)27-24-16-17-10-4-1-5-11-17/h1-16H,(H,25,26,27)/b24-16+. The van der Waals surface area contributed by atoms with Gasteiger partial charge in [0, 0.05) is 11.1 Å². The summed E-state index contributed by atoms with van der Waals surface area (Å²) in [4.78, 5) is 20.3. The molecule has 0 saturated carbocycles. The van der Waals surface area contributed by atoms with Crippen molar-refractivity contribution in [2.24, 2.45) is 5.10 Å². The molecule has 7 heteroatoms. The van der Waals surface area contributed by atoms with Gasteiger partial charge in [-0.3, -0.25) is 10.1 Å². The molecule has 0 atom stereocenters. The minimum Gasteiger partial charge on any atom is -0.258 e. The summed E-state index contributed by atoms with van der Waals surface area (Å²) in [7, 11) is 0. The average molecular weight is 395 g/mol. The monoisotopic (exact) mass is 395 g/mol.